The van der Waals surface area contributed by atoms with Crippen molar-refractivity contribution >= 4 is 12.1 Å². The Morgan fingerprint density at radius 1 is 1.06 bits per heavy atom. The predicted octanol–water partition coefficient (Wildman–Crippen LogP) is 2.14. The second-order valence-electron chi connectivity index (χ2n) is 3.27. The van der Waals surface area contributed by atoms with Crippen LogP contribution >= 0.6 is 0 Å². The molecule has 2 unspecified atom stereocenters. The van der Waals surface area contributed by atoms with E-state index in [1.54, 1.807) is 20.8 Å². The average molecular weight is 232 g/mol. The summed E-state index contributed by atoms with van der Waals surface area (Å²) in [6.07, 6.45) is -0.736. The van der Waals surface area contributed by atoms with Crippen LogP contribution in [0.15, 0.2) is 0 Å². The Morgan fingerprint density at radius 2 is 1.62 bits per heavy atom. The highest BCUT2D eigenvalue weighted by Crippen LogP contribution is 2.14. The first-order chi connectivity index (χ1) is 7.56. The minimum absolute atomic E-state index is 0.252. The van der Waals surface area contributed by atoms with E-state index in [2.05, 4.69) is 4.74 Å². The molecular weight excluding hydrogens is 212 g/mol. The van der Waals surface area contributed by atoms with Crippen LogP contribution in [0.5, 0.6) is 0 Å². The van der Waals surface area contributed by atoms with Crippen LogP contribution in [0.2, 0.25) is 0 Å². The van der Waals surface area contributed by atoms with Crippen LogP contribution in [0.25, 0.3) is 0 Å². The zero-order valence-corrected chi connectivity index (χ0v) is 10.3. The molecule has 0 amide bonds. The molecule has 0 fully saturated rings. The Hall–Kier alpha value is -1.26. The maximum Gasteiger partial charge on any atom is 0.508 e. The maximum atomic E-state index is 11.5. The van der Waals surface area contributed by atoms with Gasteiger partial charge in [-0.15, -0.1) is 0 Å². The van der Waals surface area contributed by atoms with Crippen LogP contribution in [0.3, 0.4) is 0 Å². The zero-order valence-electron chi connectivity index (χ0n) is 10.3. The summed E-state index contributed by atoms with van der Waals surface area (Å²) in [5.74, 6) is -0.786. The van der Waals surface area contributed by atoms with Crippen LogP contribution in [0.1, 0.15) is 34.1 Å². The van der Waals surface area contributed by atoms with E-state index in [1.165, 1.54) is 0 Å². The Labute approximate surface area is 96.1 Å². The fraction of sp³-hybridized carbons (Fsp3) is 0.818. The standard InChI is InChI=1S/C11H20O5/c1-5-9(10(12)14-6-2)8(4)16-11(13)15-7-3/h8-9H,5-7H2,1-4H3. The number of carbonyl (C=O) groups is 2. The Bertz CT molecular complexity index is 226. The summed E-state index contributed by atoms with van der Waals surface area (Å²) in [6.45, 7) is 7.49. The molecule has 0 aliphatic heterocycles. The fourth-order valence-corrected chi connectivity index (χ4v) is 1.33. The van der Waals surface area contributed by atoms with Gasteiger partial charge in [0.15, 0.2) is 0 Å². The normalized spacial score (nSPS) is 13.8. The summed E-state index contributed by atoms with van der Waals surface area (Å²) < 4.78 is 14.5. The highest BCUT2D eigenvalue weighted by atomic mass is 16.7. The van der Waals surface area contributed by atoms with E-state index >= 15 is 0 Å². The fourth-order valence-electron chi connectivity index (χ4n) is 1.33. The summed E-state index contributed by atoms with van der Waals surface area (Å²) in [5, 5.41) is 0. The zero-order chi connectivity index (χ0) is 12.6. The van der Waals surface area contributed by atoms with Crippen molar-refractivity contribution in [3.63, 3.8) is 0 Å². The Kier molecular flexibility index (Phi) is 7.33. The molecule has 0 heterocycles. The van der Waals surface area contributed by atoms with Gasteiger partial charge in [-0.25, -0.2) is 4.79 Å². The lowest BCUT2D eigenvalue weighted by Gasteiger charge is -2.20. The Morgan fingerprint density at radius 3 is 2.06 bits per heavy atom. The molecule has 0 N–H and O–H groups in total. The molecule has 0 aliphatic rings. The third kappa shape index (κ3) is 5.00. The van der Waals surface area contributed by atoms with E-state index < -0.39 is 18.2 Å². The highest BCUT2D eigenvalue weighted by molar-refractivity contribution is 5.73. The van der Waals surface area contributed by atoms with Crippen molar-refractivity contribution in [2.75, 3.05) is 13.2 Å². The van der Waals surface area contributed by atoms with Crippen LogP contribution in [-0.2, 0) is 19.0 Å². The summed E-state index contributed by atoms with van der Waals surface area (Å²) in [6, 6.07) is 0. The summed E-state index contributed by atoms with van der Waals surface area (Å²) in [4.78, 5) is 22.6. The van der Waals surface area contributed by atoms with Gasteiger partial charge in [0.05, 0.1) is 19.1 Å². The molecule has 16 heavy (non-hydrogen) atoms. The number of hydrogen-bond acceptors (Lipinski definition) is 5. The summed E-state index contributed by atoms with van der Waals surface area (Å²) in [7, 11) is 0. The van der Waals surface area contributed by atoms with Gasteiger partial charge in [-0.1, -0.05) is 6.92 Å². The largest absolute Gasteiger partial charge is 0.508 e. The monoisotopic (exact) mass is 232 g/mol. The van der Waals surface area contributed by atoms with Gasteiger partial charge in [-0.2, -0.15) is 0 Å². The molecule has 0 aliphatic carbocycles. The lowest BCUT2D eigenvalue weighted by atomic mass is 10.0. The van der Waals surface area contributed by atoms with Gasteiger partial charge in [0.25, 0.3) is 0 Å². The highest BCUT2D eigenvalue weighted by Gasteiger charge is 2.27. The molecule has 0 aromatic heterocycles. The molecule has 0 spiro atoms. The first kappa shape index (κ1) is 14.7. The average Bonchev–Trinajstić information content (AvgIpc) is 2.19. The van der Waals surface area contributed by atoms with E-state index in [0.29, 0.717) is 13.0 Å². The van der Waals surface area contributed by atoms with Gasteiger partial charge in [0.2, 0.25) is 0 Å². The quantitative estimate of drug-likeness (QED) is 0.656. The lowest BCUT2D eigenvalue weighted by molar-refractivity contribution is -0.152. The van der Waals surface area contributed by atoms with Crippen molar-refractivity contribution < 1.29 is 23.8 Å². The van der Waals surface area contributed by atoms with E-state index in [4.69, 9.17) is 9.47 Å². The topological polar surface area (TPSA) is 61.8 Å². The predicted molar refractivity (Wildman–Crippen MR) is 58.0 cm³/mol. The van der Waals surface area contributed by atoms with Crippen molar-refractivity contribution in [1.82, 2.24) is 0 Å². The molecule has 94 valence electrons. The maximum absolute atomic E-state index is 11.5. The van der Waals surface area contributed by atoms with Crippen molar-refractivity contribution in [3.05, 3.63) is 0 Å². The number of hydrogen-bond donors (Lipinski definition) is 0. The lowest BCUT2D eigenvalue weighted by Crippen LogP contribution is -2.31. The molecule has 2 atom stereocenters. The number of ether oxygens (including phenoxy) is 3. The van der Waals surface area contributed by atoms with Crippen molar-refractivity contribution in [3.8, 4) is 0 Å². The molecule has 0 radical (unpaired) electrons. The number of esters is 1. The van der Waals surface area contributed by atoms with Gasteiger partial charge in [-0.3, -0.25) is 4.79 Å². The molecule has 0 aromatic rings. The van der Waals surface area contributed by atoms with E-state index in [0.717, 1.165) is 0 Å². The van der Waals surface area contributed by atoms with Crippen LogP contribution in [0, 0.1) is 5.92 Å². The third-order valence-electron chi connectivity index (χ3n) is 2.14. The van der Waals surface area contributed by atoms with Crippen LogP contribution < -0.4 is 0 Å². The minimum atomic E-state index is -0.752. The summed E-state index contributed by atoms with van der Waals surface area (Å²) >= 11 is 0. The van der Waals surface area contributed by atoms with Crippen molar-refractivity contribution in [2.45, 2.75) is 40.2 Å². The third-order valence-corrected chi connectivity index (χ3v) is 2.14. The van der Waals surface area contributed by atoms with Crippen molar-refractivity contribution in [1.29, 1.82) is 0 Å². The molecule has 0 aromatic carbocycles. The van der Waals surface area contributed by atoms with E-state index in [-0.39, 0.29) is 12.6 Å². The number of carbonyl (C=O) groups excluding carboxylic acids is 2. The molecule has 5 heteroatoms. The van der Waals surface area contributed by atoms with Crippen molar-refractivity contribution in [2.24, 2.45) is 5.92 Å². The SMILES string of the molecule is CCOC(=O)OC(C)C(CC)C(=O)OCC. The van der Waals surface area contributed by atoms with Gasteiger partial charge < -0.3 is 14.2 Å². The number of rotatable bonds is 6. The Balaban J connectivity index is 4.24. The second kappa shape index (κ2) is 7.96. The molecule has 5 nitrogen and oxygen atoms in total. The first-order valence-corrected chi connectivity index (χ1v) is 5.56. The van der Waals surface area contributed by atoms with Gasteiger partial charge in [0, 0.05) is 0 Å². The van der Waals surface area contributed by atoms with Gasteiger partial charge in [-0.05, 0) is 27.2 Å². The summed E-state index contributed by atoms with van der Waals surface area (Å²) in [5.41, 5.74) is 0. The molecule has 0 rings (SSSR count). The van der Waals surface area contributed by atoms with Gasteiger partial charge >= 0.3 is 12.1 Å². The van der Waals surface area contributed by atoms with E-state index in [1.807, 2.05) is 6.92 Å². The van der Waals surface area contributed by atoms with E-state index in [9.17, 15) is 9.59 Å². The van der Waals surface area contributed by atoms with Crippen LogP contribution in [-0.4, -0.2) is 31.4 Å². The molecule has 0 saturated heterocycles. The minimum Gasteiger partial charge on any atom is -0.466 e. The first-order valence-electron chi connectivity index (χ1n) is 5.56. The molecule has 0 bridgehead atoms. The van der Waals surface area contributed by atoms with Crippen LogP contribution in [0.4, 0.5) is 4.79 Å². The molecular formula is C11H20O5. The molecule has 0 saturated carbocycles. The second-order valence-corrected chi connectivity index (χ2v) is 3.27. The van der Waals surface area contributed by atoms with Gasteiger partial charge in [0.1, 0.15) is 6.10 Å². The smallest absolute Gasteiger partial charge is 0.466 e.